The molecule has 2 heterocycles. The molecule has 2 aromatic heterocycles. The fourth-order valence-electron chi connectivity index (χ4n) is 2.54. The van der Waals surface area contributed by atoms with E-state index in [1.807, 2.05) is 18.2 Å². The fraction of sp³-hybridized carbons (Fsp3) is 0.100. The van der Waals surface area contributed by atoms with E-state index in [-0.39, 0.29) is 12.5 Å². The molecule has 7 nitrogen and oxygen atoms in total. The zero-order valence-corrected chi connectivity index (χ0v) is 16.8. The van der Waals surface area contributed by atoms with Crippen LogP contribution in [0.4, 0.5) is 5.69 Å². The second-order valence-corrected chi connectivity index (χ2v) is 7.38. The molecule has 9 heteroatoms. The summed E-state index contributed by atoms with van der Waals surface area (Å²) in [6, 6.07) is 14.3. The Morgan fingerprint density at radius 1 is 1.17 bits per heavy atom. The number of para-hydroxylation sites is 1. The molecule has 0 aliphatic heterocycles. The molecule has 0 bridgehead atoms. The molecule has 146 valence electrons. The number of hydrogen-bond acceptors (Lipinski definition) is 7. The monoisotopic (exact) mass is 426 g/mol. The maximum Gasteiger partial charge on any atom is 0.275 e. The number of amides is 1. The summed E-state index contributed by atoms with van der Waals surface area (Å²) in [5.74, 6) is 1.21. The van der Waals surface area contributed by atoms with Crippen molar-refractivity contribution in [2.24, 2.45) is 0 Å². The van der Waals surface area contributed by atoms with Crippen LogP contribution in [0, 0.1) is 6.92 Å². The number of benzene rings is 2. The van der Waals surface area contributed by atoms with E-state index in [4.69, 9.17) is 20.9 Å². The Labute approximate surface area is 175 Å². The molecule has 0 saturated heterocycles. The lowest BCUT2D eigenvalue weighted by Crippen LogP contribution is -2.13. The Kier molecular flexibility index (Phi) is 5.55. The van der Waals surface area contributed by atoms with Gasteiger partial charge in [0.05, 0.1) is 5.69 Å². The smallest absolute Gasteiger partial charge is 0.275 e. The Morgan fingerprint density at radius 2 is 1.97 bits per heavy atom. The number of nitrogens with one attached hydrogen (secondary N) is 1. The number of anilines is 1. The highest BCUT2D eigenvalue weighted by molar-refractivity contribution is 7.09. The Balaban J connectivity index is 1.44. The third kappa shape index (κ3) is 4.61. The normalized spacial score (nSPS) is 10.7. The SMILES string of the molecule is Cc1nc(-c2ccccc2NC(=O)c2csc(COc3ccc(Cl)cc3)n2)no1. The van der Waals surface area contributed by atoms with Gasteiger partial charge in [0.25, 0.3) is 5.91 Å². The molecule has 2 aromatic carbocycles. The maximum absolute atomic E-state index is 12.6. The summed E-state index contributed by atoms with van der Waals surface area (Å²) in [5.41, 5.74) is 1.55. The summed E-state index contributed by atoms with van der Waals surface area (Å²) in [4.78, 5) is 21.2. The molecule has 1 amide bonds. The Hall–Kier alpha value is -3.23. The van der Waals surface area contributed by atoms with E-state index in [0.717, 1.165) is 0 Å². The van der Waals surface area contributed by atoms with Gasteiger partial charge in [-0.05, 0) is 36.4 Å². The lowest BCUT2D eigenvalue weighted by molar-refractivity contribution is 0.102. The molecule has 0 fully saturated rings. The molecule has 1 N–H and O–H groups in total. The number of nitrogens with zero attached hydrogens (tertiary/aromatic N) is 3. The minimum atomic E-state index is -0.327. The van der Waals surface area contributed by atoms with Crippen LogP contribution in [0.15, 0.2) is 58.4 Å². The van der Waals surface area contributed by atoms with Gasteiger partial charge in [-0.25, -0.2) is 4.98 Å². The standard InChI is InChI=1S/C20H15ClN4O3S/c1-12-22-19(25-28-12)15-4-2-3-5-16(15)24-20(26)17-11-29-18(23-17)10-27-14-8-6-13(21)7-9-14/h2-9,11H,10H2,1H3,(H,24,26). The molecule has 0 saturated carbocycles. The quantitative estimate of drug-likeness (QED) is 0.467. The van der Waals surface area contributed by atoms with E-state index in [1.165, 1.54) is 11.3 Å². The third-order valence-electron chi connectivity index (χ3n) is 3.90. The van der Waals surface area contributed by atoms with Crippen LogP contribution >= 0.6 is 22.9 Å². The molecule has 0 spiro atoms. The first-order valence-electron chi connectivity index (χ1n) is 8.62. The molecule has 4 rings (SSSR count). The zero-order valence-electron chi connectivity index (χ0n) is 15.3. The molecule has 29 heavy (non-hydrogen) atoms. The van der Waals surface area contributed by atoms with Crippen molar-refractivity contribution in [1.29, 1.82) is 0 Å². The van der Waals surface area contributed by atoms with E-state index >= 15 is 0 Å². The van der Waals surface area contributed by atoms with Crippen LogP contribution < -0.4 is 10.1 Å². The molecular weight excluding hydrogens is 412 g/mol. The molecule has 0 radical (unpaired) electrons. The lowest BCUT2D eigenvalue weighted by Gasteiger charge is -2.07. The zero-order chi connectivity index (χ0) is 20.2. The van der Waals surface area contributed by atoms with Crippen LogP contribution in [0.1, 0.15) is 21.4 Å². The first-order chi connectivity index (χ1) is 14.1. The van der Waals surface area contributed by atoms with Gasteiger partial charge >= 0.3 is 0 Å². The van der Waals surface area contributed by atoms with E-state index in [9.17, 15) is 4.79 Å². The predicted molar refractivity (Wildman–Crippen MR) is 110 cm³/mol. The van der Waals surface area contributed by atoms with Gasteiger partial charge < -0.3 is 14.6 Å². The fourth-order valence-corrected chi connectivity index (χ4v) is 3.35. The summed E-state index contributed by atoms with van der Waals surface area (Å²) in [6.45, 7) is 1.97. The summed E-state index contributed by atoms with van der Waals surface area (Å²) in [6.07, 6.45) is 0. The van der Waals surface area contributed by atoms with Crippen LogP contribution in [0.2, 0.25) is 5.02 Å². The van der Waals surface area contributed by atoms with Gasteiger partial charge in [-0.2, -0.15) is 4.98 Å². The molecule has 0 aliphatic rings. The largest absolute Gasteiger partial charge is 0.486 e. The summed E-state index contributed by atoms with van der Waals surface area (Å²) >= 11 is 7.21. The van der Waals surface area contributed by atoms with Gasteiger partial charge in [0.15, 0.2) is 0 Å². The average molecular weight is 427 g/mol. The predicted octanol–water partition coefficient (Wildman–Crippen LogP) is 4.99. The second-order valence-electron chi connectivity index (χ2n) is 6.01. The van der Waals surface area contributed by atoms with Gasteiger partial charge in [-0.3, -0.25) is 4.79 Å². The first kappa shape index (κ1) is 19.1. The van der Waals surface area contributed by atoms with E-state index in [0.29, 0.717) is 44.4 Å². The first-order valence-corrected chi connectivity index (χ1v) is 9.88. The Bertz CT molecular complexity index is 1140. The number of carbonyl (C=O) groups is 1. The van der Waals surface area contributed by atoms with Crippen molar-refractivity contribution < 1.29 is 14.1 Å². The van der Waals surface area contributed by atoms with Gasteiger partial charge in [0, 0.05) is 22.9 Å². The highest BCUT2D eigenvalue weighted by Gasteiger charge is 2.16. The molecule has 0 atom stereocenters. The van der Waals surface area contributed by atoms with Crippen LogP contribution in [0.3, 0.4) is 0 Å². The van der Waals surface area contributed by atoms with Crippen molar-refractivity contribution in [3.8, 4) is 17.1 Å². The molecular formula is C20H15ClN4O3S. The molecule has 0 aliphatic carbocycles. The van der Waals surface area contributed by atoms with Crippen molar-refractivity contribution in [1.82, 2.24) is 15.1 Å². The highest BCUT2D eigenvalue weighted by Crippen LogP contribution is 2.26. The number of carbonyl (C=O) groups excluding carboxylic acids is 1. The van der Waals surface area contributed by atoms with Crippen LogP contribution in [-0.2, 0) is 6.61 Å². The highest BCUT2D eigenvalue weighted by atomic mass is 35.5. The van der Waals surface area contributed by atoms with Gasteiger partial charge in [0.2, 0.25) is 11.7 Å². The van der Waals surface area contributed by atoms with Crippen molar-refractivity contribution in [3.05, 3.63) is 75.5 Å². The van der Waals surface area contributed by atoms with Crippen molar-refractivity contribution in [2.45, 2.75) is 13.5 Å². The summed E-state index contributed by atoms with van der Waals surface area (Å²) in [5, 5.41) is 9.79. The van der Waals surface area contributed by atoms with Crippen molar-refractivity contribution in [3.63, 3.8) is 0 Å². The minimum absolute atomic E-state index is 0.262. The van der Waals surface area contributed by atoms with E-state index in [1.54, 1.807) is 42.6 Å². The number of thiazole rings is 1. The Morgan fingerprint density at radius 3 is 2.72 bits per heavy atom. The van der Waals surface area contributed by atoms with Gasteiger partial charge in [0.1, 0.15) is 23.1 Å². The third-order valence-corrected chi connectivity index (χ3v) is 4.98. The van der Waals surface area contributed by atoms with Gasteiger partial charge in [-0.1, -0.05) is 28.9 Å². The van der Waals surface area contributed by atoms with Crippen LogP contribution in [0.25, 0.3) is 11.4 Å². The number of aryl methyl sites for hydroxylation is 1. The summed E-state index contributed by atoms with van der Waals surface area (Å²) in [7, 11) is 0. The molecule has 4 aromatic rings. The minimum Gasteiger partial charge on any atom is -0.486 e. The topological polar surface area (TPSA) is 90.1 Å². The number of halogens is 1. The van der Waals surface area contributed by atoms with Gasteiger partial charge in [-0.15, -0.1) is 11.3 Å². The molecule has 0 unspecified atom stereocenters. The lowest BCUT2D eigenvalue weighted by atomic mass is 10.1. The van der Waals surface area contributed by atoms with Crippen molar-refractivity contribution in [2.75, 3.05) is 5.32 Å². The number of hydrogen-bond donors (Lipinski definition) is 1. The van der Waals surface area contributed by atoms with Crippen LogP contribution in [0.5, 0.6) is 5.75 Å². The van der Waals surface area contributed by atoms with E-state index in [2.05, 4.69) is 20.4 Å². The number of ether oxygens (including phenoxy) is 1. The maximum atomic E-state index is 12.6. The van der Waals surface area contributed by atoms with E-state index < -0.39 is 0 Å². The number of aromatic nitrogens is 3. The second kappa shape index (κ2) is 8.42. The number of rotatable bonds is 6. The summed E-state index contributed by atoms with van der Waals surface area (Å²) < 4.78 is 10.7. The van der Waals surface area contributed by atoms with Crippen LogP contribution in [-0.4, -0.2) is 21.0 Å². The van der Waals surface area contributed by atoms with Crippen molar-refractivity contribution >= 4 is 34.5 Å². The average Bonchev–Trinajstić information content (AvgIpc) is 3.37.